The molecule has 0 radical (unpaired) electrons. The Morgan fingerprint density at radius 1 is 0.700 bits per heavy atom. The van der Waals surface area contributed by atoms with Crippen LogP contribution in [0.25, 0.3) is 32.3 Å². The molecular formula is C19H17N. The van der Waals surface area contributed by atoms with Crippen LogP contribution in [0.4, 0.5) is 5.69 Å². The second kappa shape index (κ2) is 4.11. The van der Waals surface area contributed by atoms with Crippen LogP contribution in [0, 0.1) is 0 Å². The van der Waals surface area contributed by atoms with Gasteiger partial charge in [0, 0.05) is 17.1 Å². The minimum absolute atomic E-state index is 0.438. The molecule has 98 valence electrons. The van der Waals surface area contributed by atoms with Crippen molar-refractivity contribution in [3.05, 3.63) is 54.6 Å². The number of hydrogen-bond donors (Lipinski definition) is 1. The topological polar surface area (TPSA) is 12.0 Å². The SMILES string of the molecule is CC(C)Nc1ccc2ccc3cccc4ccc1c2c34. The molecule has 4 aromatic rings. The molecule has 0 spiro atoms. The minimum atomic E-state index is 0.438. The molecule has 0 aliphatic carbocycles. The largest absolute Gasteiger partial charge is 0.382 e. The van der Waals surface area contributed by atoms with Crippen LogP contribution in [0.15, 0.2) is 54.6 Å². The van der Waals surface area contributed by atoms with Gasteiger partial charge in [-0.2, -0.15) is 0 Å². The van der Waals surface area contributed by atoms with E-state index in [0.29, 0.717) is 6.04 Å². The van der Waals surface area contributed by atoms with Crippen molar-refractivity contribution < 1.29 is 0 Å². The van der Waals surface area contributed by atoms with Crippen LogP contribution in [0.3, 0.4) is 0 Å². The Balaban J connectivity index is 2.20. The van der Waals surface area contributed by atoms with Gasteiger partial charge in [0.25, 0.3) is 0 Å². The summed E-state index contributed by atoms with van der Waals surface area (Å²) in [5, 5.41) is 11.6. The van der Waals surface area contributed by atoms with Gasteiger partial charge in [-0.05, 0) is 46.8 Å². The van der Waals surface area contributed by atoms with Crippen LogP contribution in [-0.4, -0.2) is 6.04 Å². The Morgan fingerprint density at radius 2 is 1.30 bits per heavy atom. The van der Waals surface area contributed by atoms with Crippen molar-refractivity contribution in [3.63, 3.8) is 0 Å². The van der Waals surface area contributed by atoms with E-state index in [-0.39, 0.29) is 0 Å². The number of benzene rings is 4. The Labute approximate surface area is 118 Å². The molecule has 0 aromatic heterocycles. The molecule has 0 aliphatic heterocycles. The summed E-state index contributed by atoms with van der Waals surface area (Å²) in [6.07, 6.45) is 0. The van der Waals surface area contributed by atoms with Crippen LogP contribution in [0.5, 0.6) is 0 Å². The second-order valence-corrected chi connectivity index (χ2v) is 5.77. The van der Waals surface area contributed by atoms with Gasteiger partial charge in [-0.25, -0.2) is 0 Å². The summed E-state index contributed by atoms with van der Waals surface area (Å²) in [6, 6.07) is 20.3. The van der Waals surface area contributed by atoms with Crippen LogP contribution in [-0.2, 0) is 0 Å². The smallest absolute Gasteiger partial charge is 0.0422 e. The van der Waals surface area contributed by atoms with E-state index in [1.54, 1.807) is 0 Å². The Morgan fingerprint density at radius 3 is 2.00 bits per heavy atom. The summed E-state index contributed by atoms with van der Waals surface area (Å²) in [5.41, 5.74) is 1.23. The fourth-order valence-corrected chi connectivity index (χ4v) is 3.17. The summed E-state index contributed by atoms with van der Waals surface area (Å²) < 4.78 is 0. The van der Waals surface area contributed by atoms with Crippen LogP contribution in [0.1, 0.15) is 13.8 Å². The van der Waals surface area contributed by atoms with Crippen molar-refractivity contribution in [3.8, 4) is 0 Å². The number of hydrogen-bond acceptors (Lipinski definition) is 1. The Hall–Kier alpha value is -2.28. The zero-order chi connectivity index (χ0) is 13.7. The minimum Gasteiger partial charge on any atom is -0.382 e. The molecule has 0 unspecified atom stereocenters. The van der Waals surface area contributed by atoms with Gasteiger partial charge < -0.3 is 5.32 Å². The molecule has 0 fully saturated rings. The van der Waals surface area contributed by atoms with E-state index in [1.807, 2.05) is 0 Å². The van der Waals surface area contributed by atoms with Gasteiger partial charge in [0.1, 0.15) is 0 Å². The van der Waals surface area contributed by atoms with E-state index in [0.717, 1.165) is 0 Å². The lowest BCUT2D eigenvalue weighted by Gasteiger charge is -2.16. The average molecular weight is 259 g/mol. The summed E-state index contributed by atoms with van der Waals surface area (Å²) in [7, 11) is 0. The van der Waals surface area contributed by atoms with Gasteiger partial charge >= 0.3 is 0 Å². The highest BCUT2D eigenvalue weighted by Crippen LogP contribution is 2.37. The number of nitrogens with one attached hydrogen (secondary N) is 1. The van der Waals surface area contributed by atoms with Gasteiger partial charge in [-0.15, -0.1) is 0 Å². The molecule has 0 amide bonds. The predicted octanol–water partition coefficient (Wildman–Crippen LogP) is 5.40. The molecule has 0 aliphatic rings. The number of rotatable bonds is 2. The second-order valence-electron chi connectivity index (χ2n) is 5.77. The monoisotopic (exact) mass is 259 g/mol. The van der Waals surface area contributed by atoms with Gasteiger partial charge in [-0.1, -0.05) is 48.5 Å². The number of anilines is 1. The lowest BCUT2D eigenvalue weighted by molar-refractivity contribution is 0.902. The van der Waals surface area contributed by atoms with Crippen LogP contribution in [0.2, 0.25) is 0 Å². The highest BCUT2D eigenvalue weighted by molar-refractivity contribution is 6.25. The van der Waals surface area contributed by atoms with Gasteiger partial charge in [0.2, 0.25) is 0 Å². The first-order chi connectivity index (χ1) is 9.74. The standard InChI is InChI=1S/C19H17N/c1-12(2)20-17-11-9-15-7-6-13-4-3-5-14-8-10-16(17)19(15)18(13)14/h3-12,20H,1-2H3. The molecule has 1 N–H and O–H groups in total. The first-order valence-electron chi connectivity index (χ1n) is 7.17. The molecule has 4 aromatic carbocycles. The van der Waals surface area contributed by atoms with Gasteiger partial charge in [0.05, 0.1) is 0 Å². The van der Waals surface area contributed by atoms with Crippen molar-refractivity contribution in [2.75, 3.05) is 5.32 Å². The van der Waals surface area contributed by atoms with Crippen molar-refractivity contribution in [1.29, 1.82) is 0 Å². The van der Waals surface area contributed by atoms with Crippen molar-refractivity contribution in [1.82, 2.24) is 0 Å². The van der Waals surface area contributed by atoms with E-state index in [1.165, 1.54) is 38.0 Å². The maximum Gasteiger partial charge on any atom is 0.0422 e. The van der Waals surface area contributed by atoms with E-state index < -0.39 is 0 Å². The molecule has 4 rings (SSSR count). The molecule has 1 heteroatoms. The summed E-state index contributed by atoms with van der Waals surface area (Å²) in [5.74, 6) is 0. The third-order valence-corrected chi connectivity index (χ3v) is 3.97. The van der Waals surface area contributed by atoms with Gasteiger partial charge in [-0.3, -0.25) is 0 Å². The lowest BCUT2D eigenvalue weighted by atomic mass is 9.93. The van der Waals surface area contributed by atoms with Crippen LogP contribution >= 0.6 is 0 Å². The van der Waals surface area contributed by atoms with E-state index in [4.69, 9.17) is 0 Å². The van der Waals surface area contributed by atoms with E-state index >= 15 is 0 Å². The fourth-order valence-electron chi connectivity index (χ4n) is 3.17. The molecule has 0 bridgehead atoms. The normalized spacial score (nSPS) is 11.9. The predicted molar refractivity (Wildman–Crippen MR) is 88.9 cm³/mol. The maximum atomic E-state index is 3.56. The fraction of sp³-hybridized carbons (Fsp3) is 0.158. The molecule has 0 heterocycles. The quantitative estimate of drug-likeness (QED) is 0.475. The zero-order valence-corrected chi connectivity index (χ0v) is 11.8. The van der Waals surface area contributed by atoms with Crippen molar-refractivity contribution in [2.45, 2.75) is 19.9 Å². The summed E-state index contributed by atoms with van der Waals surface area (Å²) in [4.78, 5) is 0. The van der Waals surface area contributed by atoms with Gasteiger partial charge in [0.15, 0.2) is 0 Å². The molecule has 0 atom stereocenters. The highest BCUT2D eigenvalue weighted by Gasteiger charge is 2.10. The van der Waals surface area contributed by atoms with E-state index in [2.05, 4.69) is 73.8 Å². The molecule has 20 heavy (non-hydrogen) atoms. The Kier molecular flexibility index (Phi) is 2.37. The zero-order valence-electron chi connectivity index (χ0n) is 11.8. The molecule has 0 saturated heterocycles. The Bertz CT molecular complexity index is 890. The lowest BCUT2D eigenvalue weighted by Crippen LogP contribution is -2.09. The van der Waals surface area contributed by atoms with Crippen LogP contribution < -0.4 is 5.32 Å². The van der Waals surface area contributed by atoms with E-state index in [9.17, 15) is 0 Å². The highest BCUT2D eigenvalue weighted by atomic mass is 14.9. The molecular weight excluding hydrogens is 242 g/mol. The first-order valence-corrected chi connectivity index (χ1v) is 7.17. The summed E-state index contributed by atoms with van der Waals surface area (Å²) in [6.45, 7) is 4.36. The third-order valence-electron chi connectivity index (χ3n) is 3.97. The first kappa shape index (κ1) is 11.5. The molecule has 1 nitrogen and oxygen atoms in total. The average Bonchev–Trinajstić information content (AvgIpc) is 2.46. The summed E-state index contributed by atoms with van der Waals surface area (Å²) >= 11 is 0. The van der Waals surface area contributed by atoms with Crippen molar-refractivity contribution in [2.24, 2.45) is 0 Å². The maximum absolute atomic E-state index is 3.56. The third kappa shape index (κ3) is 1.56. The molecule has 0 saturated carbocycles. The van der Waals surface area contributed by atoms with Crippen molar-refractivity contribution >= 4 is 38.0 Å².